The Balaban J connectivity index is 0.00000147. The van der Waals surface area contributed by atoms with E-state index in [-0.39, 0.29) is 12.4 Å². The summed E-state index contributed by atoms with van der Waals surface area (Å²) in [6.45, 7) is 0.642. The van der Waals surface area contributed by atoms with Crippen LogP contribution in [0.1, 0.15) is 11.3 Å². The lowest BCUT2D eigenvalue weighted by atomic mass is 10.2. The number of hydrogen-bond donors (Lipinski definition) is 1. The van der Waals surface area contributed by atoms with Crippen LogP contribution in [0, 0.1) is 12.3 Å². The molecule has 0 spiro atoms. The first kappa shape index (κ1) is 14.0. The van der Waals surface area contributed by atoms with Crippen LogP contribution >= 0.6 is 12.4 Å². The van der Waals surface area contributed by atoms with Crippen molar-refractivity contribution in [1.29, 1.82) is 0 Å². The number of nitrogens with one attached hydrogen (secondary N) is 1. The standard InChI is InChI=1S/C17H13NO.ClH/c1-2-13-6-5-8-15(10-13)18-12-16-11-14-7-3-4-9-17(14)19-16;/h1,3-11,18H,12H2;1H. The fourth-order valence-corrected chi connectivity index (χ4v) is 2.03. The molecule has 3 aromatic rings. The third-order valence-corrected chi connectivity index (χ3v) is 2.97. The van der Waals surface area contributed by atoms with Crippen molar-refractivity contribution in [2.45, 2.75) is 6.54 Å². The van der Waals surface area contributed by atoms with Gasteiger partial charge in [0.25, 0.3) is 0 Å². The van der Waals surface area contributed by atoms with Crippen LogP contribution in [0.5, 0.6) is 0 Å². The monoisotopic (exact) mass is 283 g/mol. The highest BCUT2D eigenvalue weighted by molar-refractivity contribution is 5.85. The number of para-hydroxylation sites is 1. The Hall–Kier alpha value is -2.37. The van der Waals surface area contributed by atoms with E-state index in [0.717, 1.165) is 28.0 Å². The second kappa shape index (κ2) is 6.18. The van der Waals surface area contributed by atoms with Gasteiger partial charge in [-0.2, -0.15) is 0 Å². The van der Waals surface area contributed by atoms with Gasteiger partial charge < -0.3 is 9.73 Å². The average molecular weight is 284 g/mol. The van der Waals surface area contributed by atoms with Crippen LogP contribution in [0.3, 0.4) is 0 Å². The maximum atomic E-state index is 5.74. The summed E-state index contributed by atoms with van der Waals surface area (Å²) in [6.07, 6.45) is 5.38. The number of halogens is 1. The quantitative estimate of drug-likeness (QED) is 0.719. The zero-order chi connectivity index (χ0) is 13.1. The molecule has 1 heterocycles. The highest BCUT2D eigenvalue weighted by Crippen LogP contribution is 2.20. The fourth-order valence-electron chi connectivity index (χ4n) is 2.03. The Labute approximate surface area is 124 Å². The van der Waals surface area contributed by atoms with Crippen molar-refractivity contribution < 1.29 is 4.42 Å². The van der Waals surface area contributed by atoms with Crippen LogP contribution in [0.15, 0.2) is 59.0 Å². The molecule has 0 radical (unpaired) electrons. The van der Waals surface area contributed by atoms with E-state index < -0.39 is 0 Å². The normalized spacial score (nSPS) is 9.75. The summed E-state index contributed by atoms with van der Waals surface area (Å²) < 4.78 is 5.74. The lowest BCUT2D eigenvalue weighted by Crippen LogP contribution is -1.97. The largest absolute Gasteiger partial charge is 0.459 e. The van der Waals surface area contributed by atoms with Crippen LogP contribution in [0.25, 0.3) is 11.0 Å². The van der Waals surface area contributed by atoms with Crippen LogP contribution in [0.2, 0.25) is 0 Å². The number of terminal acetylenes is 1. The van der Waals surface area contributed by atoms with Gasteiger partial charge in [0.05, 0.1) is 6.54 Å². The van der Waals surface area contributed by atoms with E-state index in [1.165, 1.54) is 0 Å². The maximum Gasteiger partial charge on any atom is 0.134 e. The molecule has 3 heteroatoms. The van der Waals surface area contributed by atoms with Crippen molar-refractivity contribution in [2.75, 3.05) is 5.32 Å². The number of benzene rings is 2. The molecule has 0 saturated heterocycles. The van der Waals surface area contributed by atoms with Gasteiger partial charge in [-0.3, -0.25) is 0 Å². The zero-order valence-corrected chi connectivity index (χ0v) is 11.6. The molecule has 3 rings (SSSR count). The molecule has 0 atom stereocenters. The van der Waals surface area contributed by atoms with Gasteiger partial charge in [-0.15, -0.1) is 18.8 Å². The predicted molar refractivity (Wildman–Crippen MR) is 85.2 cm³/mol. The number of fused-ring (bicyclic) bond motifs is 1. The molecule has 1 aromatic heterocycles. The van der Waals surface area contributed by atoms with E-state index in [1.807, 2.05) is 54.6 Å². The highest BCUT2D eigenvalue weighted by atomic mass is 35.5. The van der Waals surface area contributed by atoms with Gasteiger partial charge in [-0.25, -0.2) is 0 Å². The average Bonchev–Trinajstić information content (AvgIpc) is 2.88. The summed E-state index contributed by atoms with van der Waals surface area (Å²) in [5.74, 6) is 3.53. The number of hydrogen-bond acceptors (Lipinski definition) is 2. The van der Waals surface area contributed by atoms with Crippen LogP contribution in [-0.2, 0) is 6.54 Å². The Kier molecular flexibility index (Phi) is 4.34. The van der Waals surface area contributed by atoms with E-state index in [9.17, 15) is 0 Å². The van der Waals surface area contributed by atoms with Crippen molar-refractivity contribution in [3.05, 3.63) is 65.9 Å². The summed E-state index contributed by atoms with van der Waals surface area (Å²) in [5, 5.41) is 4.43. The molecule has 0 bridgehead atoms. The van der Waals surface area contributed by atoms with Gasteiger partial charge in [0, 0.05) is 16.6 Å². The number of furan rings is 1. The Morgan fingerprint density at radius 1 is 1.05 bits per heavy atom. The molecular weight excluding hydrogens is 270 g/mol. The first-order valence-electron chi connectivity index (χ1n) is 6.13. The molecule has 0 aliphatic rings. The SMILES string of the molecule is C#Cc1cccc(NCc2cc3ccccc3o2)c1.Cl. The number of rotatable bonds is 3. The van der Waals surface area contributed by atoms with E-state index in [1.54, 1.807) is 0 Å². The van der Waals surface area contributed by atoms with E-state index in [2.05, 4.69) is 11.2 Å². The van der Waals surface area contributed by atoms with Gasteiger partial charge in [-0.1, -0.05) is 30.2 Å². The zero-order valence-electron chi connectivity index (χ0n) is 10.8. The lowest BCUT2D eigenvalue weighted by Gasteiger charge is -2.04. The Bertz CT molecular complexity index is 722. The van der Waals surface area contributed by atoms with Crippen molar-refractivity contribution in [3.63, 3.8) is 0 Å². The molecule has 0 unspecified atom stereocenters. The molecule has 0 aliphatic heterocycles. The third-order valence-electron chi connectivity index (χ3n) is 2.97. The molecule has 2 nitrogen and oxygen atoms in total. The van der Waals surface area contributed by atoms with Gasteiger partial charge >= 0.3 is 0 Å². The molecule has 0 aliphatic carbocycles. The van der Waals surface area contributed by atoms with Crippen molar-refractivity contribution in [2.24, 2.45) is 0 Å². The maximum absolute atomic E-state index is 5.74. The van der Waals surface area contributed by atoms with Crippen LogP contribution < -0.4 is 5.32 Å². The minimum absolute atomic E-state index is 0. The molecule has 100 valence electrons. The smallest absolute Gasteiger partial charge is 0.134 e. The van der Waals surface area contributed by atoms with Crippen LogP contribution in [-0.4, -0.2) is 0 Å². The van der Waals surface area contributed by atoms with Crippen molar-refractivity contribution in [1.82, 2.24) is 0 Å². The van der Waals surface area contributed by atoms with E-state index in [0.29, 0.717) is 6.54 Å². The van der Waals surface area contributed by atoms with Gasteiger partial charge in [0.1, 0.15) is 11.3 Å². The first-order chi connectivity index (χ1) is 9.35. The second-order valence-corrected chi connectivity index (χ2v) is 4.33. The molecule has 0 amide bonds. The summed E-state index contributed by atoms with van der Waals surface area (Å²) >= 11 is 0. The van der Waals surface area contributed by atoms with Crippen molar-refractivity contribution >= 4 is 29.1 Å². The molecule has 2 aromatic carbocycles. The molecule has 20 heavy (non-hydrogen) atoms. The molecule has 1 N–H and O–H groups in total. The van der Waals surface area contributed by atoms with Gasteiger partial charge in [0.15, 0.2) is 0 Å². The van der Waals surface area contributed by atoms with Crippen molar-refractivity contribution in [3.8, 4) is 12.3 Å². The van der Waals surface area contributed by atoms with Crippen LogP contribution in [0.4, 0.5) is 5.69 Å². The molecule has 0 saturated carbocycles. The molecule has 0 fully saturated rings. The summed E-state index contributed by atoms with van der Waals surface area (Å²) in [4.78, 5) is 0. The molecular formula is C17H14ClNO. The summed E-state index contributed by atoms with van der Waals surface area (Å²) in [5.41, 5.74) is 2.78. The first-order valence-corrected chi connectivity index (χ1v) is 6.13. The Morgan fingerprint density at radius 2 is 1.90 bits per heavy atom. The fraction of sp³-hybridized carbons (Fsp3) is 0.0588. The topological polar surface area (TPSA) is 25.2 Å². The minimum Gasteiger partial charge on any atom is -0.459 e. The van der Waals surface area contributed by atoms with E-state index >= 15 is 0 Å². The lowest BCUT2D eigenvalue weighted by molar-refractivity contribution is 0.559. The summed E-state index contributed by atoms with van der Waals surface area (Å²) in [7, 11) is 0. The minimum atomic E-state index is 0. The van der Waals surface area contributed by atoms with E-state index in [4.69, 9.17) is 10.8 Å². The summed E-state index contributed by atoms with van der Waals surface area (Å²) in [6, 6.07) is 17.8. The number of anilines is 1. The highest BCUT2D eigenvalue weighted by Gasteiger charge is 2.02. The third kappa shape index (κ3) is 2.96. The van der Waals surface area contributed by atoms with Gasteiger partial charge in [0.2, 0.25) is 0 Å². The van der Waals surface area contributed by atoms with Gasteiger partial charge in [-0.05, 0) is 30.3 Å². The predicted octanol–water partition coefficient (Wildman–Crippen LogP) is 4.45. The second-order valence-electron chi connectivity index (χ2n) is 4.33. The Morgan fingerprint density at radius 3 is 2.70 bits per heavy atom.